The van der Waals surface area contributed by atoms with Crippen molar-refractivity contribution in [2.75, 3.05) is 0 Å². The van der Waals surface area contributed by atoms with E-state index in [4.69, 9.17) is 0 Å². The van der Waals surface area contributed by atoms with E-state index in [1.807, 2.05) is 32.1 Å². The van der Waals surface area contributed by atoms with Crippen molar-refractivity contribution in [3.05, 3.63) is 35.7 Å². The zero-order chi connectivity index (χ0) is 8.27. The monoisotopic (exact) mass is 152 g/mol. The molecule has 0 saturated carbocycles. The highest BCUT2D eigenvalue weighted by atomic mass is 19.1. The Morgan fingerprint density at radius 3 is 2.91 bits per heavy atom. The number of rotatable bonds is 1. The lowest BCUT2D eigenvalue weighted by Gasteiger charge is -2.04. The molecule has 1 aliphatic rings. The van der Waals surface area contributed by atoms with Gasteiger partial charge in [0.05, 0.1) is 0 Å². The fraction of sp³-hybridized carbons (Fsp3) is 0.400. The number of hydrogen-bond acceptors (Lipinski definition) is 0. The molecule has 1 aliphatic carbocycles. The van der Waals surface area contributed by atoms with Gasteiger partial charge in [-0.3, -0.25) is 0 Å². The molecule has 1 rings (SSSR count). The standard InChI is InChI=1S/C10H13F/c1-3-9-6-4-5-8(2)7-10(9)11/h4-7,9H,3H2,1-2H3. The lowest BCUT2D eigenvalue weighted by Crippen LogP contribution is -1.93. The summed E-state index contributed by atoms with van der Waals surface area (Å²) < 4.78 is 13.1. The van der Waals surface area contributed by atoms with Crippen molar-refractivity contribution in [1.29, 1.82) is 0 Å². The quantitative estimate of drug-likeness (QED) is 0.540. The van der Waals surface area contributed by atoms with Crippen LogP contribution in [0, 0.1) is 5.92 Å². The molecule has 1 atom stereocenters. The smallest absolute Gasteiger partial charge is 0.107 e. The van der Waals surface area contributed by atoms with Crippen molar-refractivity contribution in [3.63, 3.8) is 0 Å². The summed E-state index contributed by atoms with van der Waals surface area (Å²) in [5.41, 5.74) is 0.981. The first kappa shape index (κ1) is 8.25. The lowest BCUT2D eigenvalue weighted by molar-refractivity contribution is 0.515. The predicted molar refractivity (Wildman–Crippen MR) is 45.9 cm³/mol. The van der Waals surface area contributed by atoms with Crippen LogP contribution >= 0.6 is 0 Å². The highest BCUT2D eigenvalue weighted by molar-refractivity contribution is 5.29. The molecule has 0 saturated heterocycles. The van der Waals surface area contributed by atoms with Gasteiger partial charge in [-0.15, -0.1) is 0 Å². The van der Waals surface area contributed by atoms with Crippen LogP contribution in [-0.4, -0.2) is 0 Å². The van der Waals surface area contributed by atoms with Gasteiger partial charge in [-0.05, 0) is 25.0 Å². The molecule has 0 radical (unpaired) electrons. The molecule has 0 aromatic heterocycles. The molecule has 0 aliphatic heterocycles. The van der Waals surface area contributed by atoms with E-state index >= 15 is 0 Å². The highest BCUT2D eigenvalue weighted by Gasteiger charge is 2.09. The number of allylic oxidation sites excluding steroid dienone is 6. The van der Waals surface area contributed by atoms with E-state index in [1.165, 1.54) is 0 Å². The van der Waals surface area contributed by atoms with Crippen molar-refractivity contribution in [2.45, 2.75) is 20.3 Å². The van der Waals surface area contributed by atoms with Gasteiger partial charge in [0.15, 0.2) is 0 Å². The van der Waals surface area contributed by atoms with Crippen molar-refractivity contribution < 1.29 is 4.39 Å². The van der Waals surface area contributed by atoms with Gasteiger partial charge in [0, 0.05) is 5.92 Å². The predicted octanol–water partition coefficient (Wildman–Crippen LogP) is 3.38. The Hall–Kier alpha value is -0.850. The maximum atomic E-state index is 13.1. The summed E-state index contributed by atoms with van der Waals surface area (Å²) in [6, 6.07) is 0. The molecule has 0 nitrogen and oxygen atoms in total. The van der Waals surface area contributed by atoms with E-state index < -0.39 is 0 Å². The maximum Gasteiger partial charge on any atom is 0.107 e. The second kappa shape index (κ2) is 3.51. The van der Waals surface area contributed by atoms with Gasteiger partial charge in [0.2, 0.25) is 0 Å². The molecule has 0 N–H and O–H groups in total. The van der Waals surface area contributed by atoms with Crippen LogP contribution in [0.1, 0.15) is 20.3 Å². The van der Waals surface area contributed by atoms with Crippen LogP contribution in [0.3, 0.4) is 0 Å². The van der Waals surface area contributed by atoms with Crippen molar-refractivity contribution in [1.82, 2.24) is 0 Å². The van der Waals surface area contributed by atoms with Crippen molar-refractivity contribution >= 4 is 0 Å². The Labute approximate surface area is 67.1 Å². The summed E-state index contributed by atoms with van der Waals surface area (Å²) in [5.74, 6) is -0.0290. The first-order valence-corrected chi connectivity index (χ1v) is 3.96. The van der Waals surface area contributed by atoms with Gasteiger partial charge in [-0.2, -0.15) is 0 Å². The largest absolute Gasteiger partial charge is 0.211 e. The third-order valence-electron chi connectivity index (χ3n) is 1.86. The molecule has 0 heterocycles. The van der Waals surface area contributed by atoms with Crippen LogP contribution in [0.4, 0.5) is 4.39 Å². The van der Waals surface area contributed by atoms with E-state index in [1.54, 1.807) is 6.08 Å². The fourth-order valence-electron chi connectivity index (χ4n) is 1.14. The van der Waals surface area contributed by atoms with Crippen LogP contribution in [0.15, 0.2) is 35.7 Å². The van der Waals surface area contributed by atoms with Gasteiger partial charge in [-0.1, -0.05) is 25.2 Å². The first-order chi connectivity index (χ1) is 5.24. The summed E-state index contributed by atoms with van der Waals surface area (Å²) in [6.07, 6.45) is 8.19. The van der Waals surface area contributed by atoms with Crippen molar-refractivity contribution in [3.8, 4) is 0 Å². The molecular formula is C10H13F. The summed E-state index contributed by atoms with van der Waals surface area (Å²) in [5, 5.41) is 0. The SMILES string of the molecule is CCC1C=CC=C(C)C=C1F. The zero-order valence-corrected chi connectivity index (χ0v) is 6.97. The molecule has 11 heavy (non-hydrogen) atoms. The third-order valence-corrected chi connectivity index (χ3v) is 1.86. The first-order valence-electron chi connectivity index (χ1n) is 3.96. The van der Waals surface area contributed by atoms with Gasteiger partial charge < -0.3 is 0 Å². The number of hydrogen-bond donors (Lipinski definition) is 0. The summed E-state index contributed by atoms with van der Waals surface area (Å²) in [7, 11) is 0. The Bertz CT molecular complexity index is 221. The second-order valence-electron chi connectivity index (χ2n) is 2.84. The second-order valence-corrected chi connectivity index (χ2v) is 2.84. The van der Waals surface area contributed by atoms with E-state index in [-0.39, 0.29) is 11.7 Å². The maximum absolute atomic E-state index is 13.1. The van der Waals surface area contributed by atoms with Crippen LogP contribution in [0.5, 0.6) is 0 Å². The molecule has 60 valence electrons. The molecule has 0 aromatic carbocycles. The van der Waals surface area contributed by atoms with E-state index in [2.05, 4.69) is 0 Å². The topological polar surface area (TPSA) is 0 Å². The average molecular weight is 152 g/mol. The Morgan fingerprint density at radius 1 is 1.55 bits per heavy atom. The molecule has 0 amide bonds. The zero-order valence-electron chi connectivity index (χ0n) is 6.97. The van der Waals surface area contributed by atoms with Crippen LogP contribution in [0.25, 0.3) is 0 Å². The van der Waals surface area contributed by atoms with Gasteiger partial charge in [0.25, 0.3) is 0 Å². The molecule has 0 bridgehead atoms. The van der Waals surface area contributed by atoms with Crippen LogP contribution < -0.4 is 0 Å². The molecule has 1 unspecified atom stereocenters. The number of halogens is 1. The molecule has 0 fully saturated rings. The van der Waals surface area contributed by atoms with Crippen LogP contribution in [-0.2, 0) is 0 Å². The van der Waals surface area contributed by atoms with Gasteiger partial charge in [0.1, 0.15) is 5.83 Å². The fourth-order valence-corrected chi connectivity index (χ4v) is 1.14. The molecular weight excluding hydrogens is 139 g/mol. The average Bonchev–Trinajstić information content (AvgIpc) is 2.11. The molecule has 0 spiro atoms. The minimum Gasteiger partial charge on any atom is -0.211 e. The lowest BCUT2D eigenvalue weighted by atomic mass is 10.1. The Balaban J connectivity index is 2.85. The Kier molecular flexibility index (Phi) is 2.64. The summed E-state index contributed by atoms with van der Waals surface area (Å²) in [6.45, 7) is 3.89. The van der Waals surface area contributed by atoms with E-state index in [9.17, 15) is 4.39 Å². The van der Waals surface area contributed by atoms with E-state index in [0.717, 1.165) is 12.0 Å². The minimum atomic E-state index is -0.0185. The molecule has 1 heteroatoms. The Morgan fingerprint density at radius 2 is 2.27 bits per heavy atom. The van der Waals surface area contributed by atoms with E-state index in [0.29, 0.717) is 0 Å². The summed E-state index contributed by atoms with van der Waals surface area (Å²) in [4.78, 5) is 0. The van der Waals surface area contributed by atoms with Gasteiger partial charge >= 0.3 is 0 Å². The molecule has 0 aromatic rings. The summed E-state index contributed by atoms with van der Waals surface area (Å²) >= 11 is 0. The third kappa shape index (κ3) is 2.04. The van der Waals surface area contributed by atoms with Gasteiger partial charge in [-0.25, -0.2) is 4.39 Å². The normalized spacial score (nSPS) is 24.1. The minimum absolute atomic E-state index is 0.0105. The van der Waals surface area contributed by atoms with Crippen LogP contribution in [0.2, 0.25) is 0 Å². The van der Waals surface area contributed by atoms with Crippen molar-refractivity contribution in [2.24, 2.45) is 5.92 Å². The highest BCUT2D eigenvalue weighted by Crippen LogP contribution is 2.22.